The van der Waals surface area contributed by atoms with E-state index in [9.17, 15) is 4.79 Å². The zero-order valence-electron chi connectivity index (χ0n) is 18.6. The number of nitrogens with zero attached hydrogens (tertiary/aromatic N) is 4. The monoisotopic (exact) mass is 432 g/mol. The molecule has 0 bridgehead atoms. The molecule has 0 spiro atoms. The number of carbonyl (C=O) groups excluding carboxylic acids is 1. The molecule has 0 radical (unpaired) electrons. The Labute approximate surface area is 188 Å². The van der Waals surface area contributed by atoms with Gasteiger partial charge in [-0.05, 0) is 49.6 Å². The molecule has 2 aromatic carbocycles. The van der Waals surface area contributed by atoms with Crippen molar-refractivity contribution < 1.29 is 14.1 Å². The van der Waals surface area contributed by atoms with Crippen LogP contribution in [0, 0.1) is 6.92 Å². The Morgan fingerprint density at radius 1 is 1.03 bits per heavy atom. The highest BCUT2D eigenvalue weighted by atomic mass is 16.5. The highest BCUT2D eigenvalue weighted by Gasteiger charge is 2.53. The van der Waals surface area contributed by atoms with Gasteiger partial charge in [-0.15, -0.1) is 0 Å². The number of aromatic nitrogens is 2. The van der Waals surface area contributed by atoms with Gasteiger partial charge in [-0.2, -0.15) is 4.98 Å². The van der Waals surface area contributed by atoms with Crippen LogP contribution >= 0.6 is 0 Å². The van der Waals surface area contributed by atoms with E-state index >= 15 is 0 Å². The summed E-state index contributed by atoms with van der Waals surface area (Å²) in [6, 6.07) is 16.0. The fraction of sp³-hybridized carbons (Fsp3) is 0.400. The van der Waals surface area contributed by atoms with Crippen LogP contribution in [0.2, 0.25) is 0 Å². The third-order valence-electron chi connectivity index (χ3n) is 6.59. The lowest BCUT2D eigenvalue weighted by molar-refractivity contribution is -0.135. The van der Waals surface area contributed by atoms with Crippen LogP contribution in [0.25, 0.3) is 11.5 Å². The molecule has 2 fully saturated rings. The van der Waals surface area contributed by atoms with Gasteiger partial charge in [-0.3, -0.25) is 9.69 Å². The number of hydrogen-bond donors (Lipinski definition) is 0. The minimum absolute atomic E-state index is 0.253. The molecule has 7 nitrogen and oxygen atoms in total. The molecule has 1 aliphatic carbocycles. The first-order valence-corrected chi connectivity index (χ1v) is 11.1. The first kappa shape index (κ1) is 20.7. The van der Waals surface area contributed by atoms with Crippen molar-refractivity contribution in [1.82, 2.24) is 19.9 Å². The summed E-state index contributed by atoms with van der Waals surface area (Å²) in [6.45, 7) is 5.73. The number of piperazine rings is 1. The average molecular weight is 433 g/mol. The quantitative estimate of drug-likeness (QED) is 0.594. The molecular weight excluding hydrogens is 404 g/mol. The summed E-state index contributed by atoms with van der Waals surface area (Å²) < 4.78 is 10.7. The molecule has 0 N–H and O–H groups in total. The zero-order chi connectivity index (χ0) is 22.1. The van der Waals surface area contributed by atoms with Crippen LogP contribution in [0.1, 0.15) is 29.8 Å². The summed E-state index contributed by atoms with van der Waals surface area (Å²) in [4.78, 5) is 22.2. The van der Waals surface area contributed by atoms with Crippen LogP contribution in [0.5, 0.6) is 5.75 Å². The van der Waals surface area contributed by atoms with Gasteiger partial charge in [-0.25, -0.2) is 0 Å². The van der Waals surface area contributed by atoms with Crippen molar-refractivity contribution in [2.24, 2.45) is 0 Å². The molecular formula is C25H28N4O3. The predicted molar refractivity (Wildman–Crippen MR) is 120 cm³/mol. The first-order chi connectivity index (χ1) is 15.6. The van der Waals surface area contributed by atoms with Gasteiger partial charge >= 0.3 is 0 Å². The molecule has 1 aliphatic heterocycles. The van der Waals surface area contributed by atoms with Gasteiger partial charge in [-0.1, -0.05) is 35.0 Å². The van der Waals surface area contributed by atoms with E-state index in [1.807, 2.05) is 53.4 Å². The number of amides is 1. The molecule has 2 heterocycles. The van der Waals surface area contributed by atoms with E-state index in [-0.39, 0.29) is 11.3 Å². The average Bonchev–Trinajstić information content (AvgIpc) is 3.52. The Hall–Kier alpha value is -3.19. The number of hydrogen-bond acceptors (Lipinski definition) is 6. The van der Waals surface area contributed by atoms with Crippen LogP contribution in [0.4, 0.5) is 0 Å². The molecule has 1 saturated heterocycles. The van der Waals surface area contributed by atoms with Crippen molar-refractivity contribution >= 4 is 5.91 Å². The lowest BCUT2D eigenvalue weighted by Crippen LogP contribution is -2.51. The second-order valence-corrected chi connectivity index (χ2v) is 8.76. The van der Waals surface area contributed by atoms with E-state index in [0.29, 0.717) is 18.3 Å². The third kappa shape index (κ3) is 4.00. The van der Waals surface area contributed by atoms with Gasteiger partial charge in [0.05, 0.1) is 19.1 Å². The van der Waals surface area contributed by atoms with Crippen LogP contribution in [0.15, 0.2) is 53.1 Å². The summed E-state index contributed by atoms with van der Waals surface area (Å²) >= 11 is 0. The highest BCUT2D eigenvalue weighted by molar-refractivity contribution is 5.91. The Morgan fingerprint density at radius 3 is 2.34 bits per heavy atom. The van der Waals surface area contributed by atoms with E-state index in [4.69, 9.17) is 9.26 Å². The molecule has 0 atom stereocenters. The normalized spacial score (nSPS) is 17.9. The van der Waals surface area contributed by atoms with E-state index < -0.39 is 0 Å². The Bertz CT molecular complexity index is 1080. The molecule has 3 aromatic rings. The van der Waals surface area contributed by atoms with Gasteiger partial charge in [0.2, 0.25) is 5.91 Å². The smallest absolute Gasteiger partial charge is 0.257 e. The second-order valence-electron chi connectivity index (χ2n) is 8.76. The number of aryl methyl sites for hydroxylation is 1. The minimum atomic E-state index is -0.342. The molecule has 5 rings (SSSR count). The molecule has 2 aliphatic rings. The van der Waals surface area contributed by atoms with Crippen LogP contribution in [-0.2, 0) is 16.8 Å². The third-order valence-corrected chi connectivity index (χ3v) is 6.59. The first-order valence-electron chi connectivity index (χ1n) is 11.1. The standard InChI is InChI=1S/C25H28N4O3/c1-18-3-5-19(6-4-18)23-26-22(27-32-23)17-28-13-15-29(16-14-28)24(30)25(11-12-25)20-7-9-21(31-2)10-8-20/h3-10H,11-17H2,1-2H3. The molecule has 166 valence electrons. The zero-order valence-corrected chi connectivity index (χ0v) is 18.6. The number of benzene rings is 2. The molecule has 1 saturated carbocycles. The lowest BCUT2D eigenvalue weighted by Gasteiger charge is -2.36. The van der Waals surface area contributed by atoms with Crippen molar-refractivity contribution in [1.29, 1.82) is 0 Å². The molecule has 1 aromatic heterocycles. The van der Waals surface area contributed by atoms with Crippen molar-refractivity contribution in [3.05, 3.63) is 65.5 Å². The molecule has 1 amide bonds. The Morgan fingerprint density at radius 2 is 1.72 bits per heavy atom. The molecule has 7 heteroatoms. The van der Waals surface area contributed by atoms with Gasteiger partial charge < -0.3 is 14.2 Å². The fourth-order valence-corrected chi connectivity index (χ4v) is 4.40. The van der Waals surface area contributed by atoms with Gasteiger partial charge in [0.1, 0.15) is 5.75 Å². The van der Waals surface area contributed by atoms with Crippen molar-refractivity contribution in [2.75, 3.05) is 33.3 Å². The fourth-order valence-electron chi connectivity index (χ4n) is 4.40. The van der Waals surface area contributed by atoms with Gasteiger partial charge in [0.25, 0.3) is 5.89 Å². The maximum Gasteiger partial charge on any atom is 0.257 e. The number of methoxy groups -OCH3 is 1. The van der Waals surface area contributed by atoms with E-state index in [2.05, 4.69) is 22.0 Å². The van der Waals surface area contributed by atoms with E-state index in [1.54, 1.807) is 7.11 Å². The summed E-state index contributed by atoms with van der Waals surface area (Å²) in [5.74, 6) is 2.29. The number of ether oxygens (including phenoxy) is 1. The van der Waals surface area contributed by atoms with Crippen molar-refractivity contribution in [3.63, 3.8) is 0 Å². The Balaban J connectivity index is 1.17. The summed E-state index contributed by atoms with van der Waals surface area (Å²) in [5.41, 5.74) is 2.88. The molecule has 32 heavy (non-hydrogen) atoms. The van der Waals surface area contributed by atoms with Gasteiger partial charge in [0.15, 0.2) is 5.82 Å². The van der Waals surface area contributed by atoms with E-state index in [1.165, 1.54) is 5.56 Å². The maximum absolute atomic E-state index is 13.3. The minimum Gasteiger partial charge on any atom is -0.497 e. The molecule has 0 unspecified atom stereocenters. The van der Waals surface area contributed by atoms with Crippen LogP contribution < -0.4 is 4.74 Å². The van der Waals surface area contributed by atoms with Gasteiger partial charge in [0, 0.05) is 31.7 Å². The van der Waals surface area contributed by atoms with Crippen LogP contribution in [0.3, 0.4) is 0 Å². The SMILES string of the molecule is COc1ccc(C2(C(=O)N3CCN(Cc4noc(-c5ccc(C)cc5)n4)CC3)CC2)cc1. The maximum atomic E-state index is 13.3. The van der Waals surface area contributed by atoms with E-state index in [0.717, 1.165) is 55.9 Å². The number of rotatable bonds is 6. The number of carbonyl (C=O) groups is 1. The highest BCUT2D eigenvalue weighted by Crippen LogP contribution is 2.50. The van der Waals surface area contributed by atoms with Crippen LogP contribution in [-0.4, -0.2) is 59.1 Å². The summed E-state index contributed by atoms with van der Waals surface area (Å²) in [6.07, 6.45) is 1.84. The Kier molecular flexibility index (Phi) is 5.43. The lowest BCUT2D eigenvalue weighted by atomic mass is 9.94. The topological polar surface area (TPSA) is 71.7 Å². The van der Waals surface area contributed by atoms with Crippen molar-refractivity contribution in [3.8, 4) is 17.2 Å². The van der Waals surface area contributed by atoms with Crippen molar-refractivity contribution in [2.45, 2.75) is 31.7 Å². The summed E-state index contributed by atoms with van der Waals surface area (Å²) in [5, 5.41) is 4.15. The second kappa shape index (κ2) is 8.39. The largest absolute Gasteiger partial charge is 0.497 e. The summed E-state index contributed by atoms with van der Waals surface area (Å²) in [7, 11) is 1.66. The predicted octanol–water partition coefficient (Wildman–Crippen LogP) is 3.43.